The Kier molecular flexibility index (Phi) is 8.46. The molecular formula is C26H31N5O3S3. The highest BCUT2D eigenvalue weighted by molar-refractivity contribution is 7.90. The molecule has 0 radical (unpaired) electrons. The van der Waals surface area contributed by atoms with E-state index in [1.54, 1.807) is 29.6 Å². The molecule has 0 unspecified atom stereocenters. The first kappa shape index (κ1) is 27.0. The third kappa shape index (κ3) is 7.06. The summed E-state index contributed by atoms with van der Waals surface area (Å²) in [6, 6.07) is 14.7. The Morgan fingerprint density at radius 2 is 1.76 bits per heavy atom. The molecule has 2 N–H and O–H groups in total. The van der Waals surface area contributed by atoms with Crippen LogP contribution in [-0.2, 0) is 16.4 Å². The number of carbonyl (C=O) groups is 1. The minimum Gasteiger partial charge on any atom is -0.378 e. The third-order valence-corrected chi connectivity index (χ3v) is 8.82. The van der Waals surface area contributed by atoms with Crippen molar-refractivity contribution in [1.29, 1.82) is 0 Å². The first-order valence-corrected chi connectivity index (χ1v) is 15.1. The predicted molar refractivity (Wildman–Crippen MR) is 153 cm³/mol. The highest BCUT2D eigenvalue weighted by atomic mass is 32.2. The fourth-order valence-electron chi connectivity index (χ4n) is 4.08. The number of benzene rings is 2. The number of nitrogens with zero attached hydrogens (tertiary/aromatic N) is 3. The Bertz CT molecular complexity index is 1340. The largest absolute Gasteiger partial charge is 0.378 e. The van der Waals surface area contributed by atoms with Gasteiger partial charge in [-0.2, -0.15) is 0 Å². The van der Waals surface area contributed by atoms with E-state index in [4.69, 9.17) is 12.2 Å². The van der Waals surface area contributed by atoms with Crippen LogP contribution < -0.4 is 15.5 Å². The van der Waals surface area contributed by atoms with Crippen molar-refractivity contribution in [3.8, 4) is 0 Å². The predicted octanol–water partition coefficient (Wildman–Crippen LogP) is 4.12. The Labute approximate surface area is 227 Å². The van der Waals surface area contributed by atoms with E-state index < -0.39 is 9.84 Å². The van der Waals surface area contributed by atoms with E-state index in [1.165, 1.54) is 17.6 Å². The summed E-state index contributed by atoms with van der Waals surface area (Å²) in [6.45, 7) is 1.96. The smallest absolute Gasteiger partial charge is 0.271 e. The van der Waals surface area contributed by atoms with Crippen LogP contribution in [0.5, 0.6) is 0 Å². The van der Waals surface area contributed by atoms with Crippen LogP contribution in [0.3, 0.4) is 0 Å². The number of thiocarbonyl (C=S) groups is 1. The molecule has 196 valence electrons. The number of rotatable bonds is 7. The molecule has 8 nitrogen and oxygen atoms in total. The number of piperidine rings is 1. The number of carbonyl (C=O) groups excluding carboxylic acids is 1. The second-order valence-corrected chi connectivity index (χ2v) is 12.6. The van der Waals surface area contributed by atoms with Gasteiger partial charge in [-0.05, 0) is 67.0 Å². The van der Waals surface area contributed by atoms with Gasteiger partial charge in [0, 0.05) is 62.7 Å². The lowest BCUT2D eigenvalue weighted by molar-refractivity contribution is 0.0946. The molecular weight excluding hydrogens is 527 g/mol. The van der Waals surface area contributed by atoms with E-state index in [0.717, 1.165) is 53.0 Å². The van der Waals surface area contributed by atoms with E-state index in [2.05, 4.69) is 37.6 Å². The molecule has 37 heavy (non-hydrogen) atoms. The average Bonchev–Trinajstić information content (AvgIpc) is 3.38. The SMILES string of the molecule is CN(C)c1ccc(NC(=S)N2CCC(c3nc(C(=O)NCc4ccc(S(C)(=O)=O)cc4)cs3)CC2)cc1. The molecule has 0 atom stereocenters. The van der Waals surface area contributed by atoms with Crippen LogP contribution in [-0.4, -0.2) is 62.8 Å². The summed E-state index contributed by atoms with van der Waals surface area (Å²) in [7, 11) is 0.786. The van der Waals surface area contributed by atoms with Gasteiger partial charge in [0.15, 0.2) is 14.9 Å². The molecule has 1 aliphatic heterocycles. The van der Waals surface area contributed by atoms with Crippen molar-refractivity contribution < 1.29 is 13.2 Å². The van der Waals surface area contributed by atoms with Crippen molar-refractivity contribution in [1.82, 2.24) is 15.2 Å². The Balaban J connectivity index is 1.25. The molecule has 1 aliphatic rings. The van der Waals surface area contributed by atoms with Gasteiger partial charge in [0.05, 0.1) is 9.90 Å². The van der Waals surface area contributed by atoms with E-state index in [0.29, 0.717) is 18.2 Å². The van der Waals surface area contributed by atoms with Crippen LogP contribution in [0.2, 0.25) is 0 Å². The minimum absolute atomic E-state index is 0.238. The first-order chi connectivity index (χ1) is 17.6. The number of anilines is 2. The number of sulfone groups is 1. The lowest BCUT2D eigenvalue weighted by atomic mass is 9.98. The normalized spacial score (nSPS) is 14.3. The highest BCUT2D eigenvalue weighted by Crippen LogP contribution is 2.30. The fourth-order valence-corrected chi connectivity index (χ4v) is 5.98. The fraction of sp³-hybridized carbons (Fsp3) is 0.346. The number of amides is 1. The number of hydrogen-bond acceptors (Lipinski definition) is 7. The average molecular weight is 558 g/mol. The maximum atomic E-state index is 12.6. The van der Waals surface area contributed by atoms with Gasteiger partial charge in [0.1, 0.15) is 5.69 Å². The van der Waals surface area contributed by atoms with Gasteiger partial charge in [-0.3, -0.25) is 4.79 Å². The zero-order chi connectivity index (χ0) is 26.6. The summed E-state index contributed by atoms with van der Waals surface area (Å²) in [5, 5.41) is 9.69. The summed E-state index contributed by atoms with van der Waals surface area (Å²) < 4.78 is 23.2. The van der Waals surface area contributed by atoms with Crippen molar-refractivity contribution in [3.63, 3.8) is 0 Å². The van der Waals surface area contributed by atoms with Gasteiger partial charge < -0.3 is 20.4 Å². The van der Waals surface area contributed by atoms with Gasteiger partial charge in [0.2, 0.25) is 0 Å². The van der Waals surface area contributed by atoms with Crippen LogP contribution >= 0.6 is 23.6 Å². The lowest BCUT2D eigenvalue weighted by Gasteiger charge is -2.33. The molecule has 3 aromatic rings. The van der Waals surface area contributed by atoms with E-state index in [9.17, 15) is 13.2 Å². The number of likely N-dealkylation sites (tertiary alicyclic amines) is 1. The molecule has 0 spiro atoms. The Hall–Kier alpha value is -3.02. The van der Waals surface area contributed by atoms with Crippen molar-refractivity contribution in [2.45, 2.75) is 30.2 Å². The molecule has 1 amide bonds. The summed E-state index contributed by atoms with van der Waals surface area (Å²) in [5.74, 6) is 0.0614. The Morgan fingerprint density at radius 3 is 2.35 bits per heavy atom. The molecule has 1 fully saturated rings. The first-order valence-electron chi connectivity index (χ1n) is 12.0. The van der Waals surface area contributed by atoms with Crippen molar-refractivity contribution in [2.24, 2.45) is 0 Å². The second-order valence-electron chi connectivity index (χ2n) is 9.30. The van der Waals surface area contributed by atoms with E-state index in [-0.39, 0.29) is 10.8 Å². The van der Waals surface area contributed by atoms with Crippen molar-refractivity contribution >= 4 is 55.8 Å². The van der Waals surface area contributed by atoms with Gasteiger partial charge in [0.25, 0.3) is 5.91 Å². The molecule has 1 saturated heterocycles. The minimum atomic E-state index is -3.24. The second kappa shape index (κ2) is 11.6. The van der Waals surface area contributed by atoms with Crippen LogP contribution in [0.4, 0.5) is 11.4 Å². The molecule has 0 aliphatic carbocycles. The van der Waals surface area contributed by atoms with Gasteiger partial charge in [-0.15, -0.1) is 11.3 Å². The van der Waals surface area contributed by atoms with Gasteiger partial charge >= 0.3 is 0 Å². The standard InChI is InChI=1S/C26H31N5O3S3/c1-30(2)21-8-6-20(7-9-21)28-26(35)31-14-12-19(13-15-31)25-29-23(17-36-25)24(32)27-16-18-4-10-22(11-5-18)37(3,33)34/h4-11,17,19H,12-16H2,1-3H3,(H,27,32)(H,28,35). The van der Waals surface area contributed by atoms with Crippen LogP contribution in [0, 0.1) is 0 Å². The number of aromatic nitrogens is 1. The summed E-state index contributed by atoms with van der Waals surface area (Å²) in [5.41, 5.74) is 3.34. The molecule has 2 heterocycles. The number of hydrogen-bond donors (Lipinski definition) is 2. The highest BCUT2D eigenvalue weighted by Gasteiger charge is 2.25. The van der Waals surface area contributed by atoms with Crippen LogP contribution in [0.15, 0.2) is 58.8 Å². The van der Waals surface area contributed by atoms with Gasteiger partial charge in [-0.25, -0.2) is 13.4 Å². The molecule has 4 rings (SSSR count). The van der Waals surface area contributed by atoms with Crippen molar-refractivity contribution in [2.75, 3.05) is 43.7 Å². The third-order valence-electron chi connectivity index (χ3n) is 6.33. The maximum Gasteiger partial charge on any atom is 0.271 e. The van der Waals surface area contributed by atoms with Crippen LogP contribution in [0.25, 0.3) is 0 Å². The Morgan fingerprint density at radius 1 is 1.11 bits per heavy atom. The van der Waals surface area contributed by atoms with Crippen molar-refractivity contribution in [3.05, 3.63) is 70.2 Å². The van der Waals surface area contributed by atoms with Gasteiger partial charge in [-0.1, -0.05) is 12.1 Å². The number of nitrogens with one attached hydrogen (secondary N) is 2. The zero-order valence-electron chi connectivity index (χ0n) is 21.1. The quantitative estimate of drug-likeness (QED) is 0.419. The molecule has 11 heteroatoms. The lowest BCUT2D eigenvalue weighted by Crippen LogP contribution is -2.40. The van der Waals surface area contributed by atoms with E-state index >= 15 is 0 Å². The van der Waals surface area contributed by atoms with E-state index in [1.807, 2.05) is 26.2 Å². The monoisotopic (exact) mass is 557 g/mol. The molecule has 2 aromatic carbocycles. The zero-order valence-corrected chi connectivity index (χ0v) is 23.5. The molecule has 1 aromatic heterocycles. The summed E-state index contributed by atoms with van der Waals surface area (Å²) in [4.78, 5) is 21.7. The summed E-state index contributed by atoms with van der Waals surface area (Å²) >= 11 is 7.15. The topological polar surface area (TPSA) is 94.6 Å². The molecule has 0 saturated carbocycles. The van der Waals surface area contributed by atoms with Crippen LogP contribution in [0.1, 0.15) is 39.8 Å². The maximum absolute atomic E-state index is 12.6. The number of thiazole rings is 1. The summed E-state index contributed by atoms with van der Waals surface area (Å²) in [6.07, 6.45) is 3.01. The molecule has 0 bridgehead atoms.